The Balaban J connectivity index is 1.54. The first-order valence-electron chi connectivity index (χ1n) is 9.90. The summed E-state index contributed by atoms with van der Waals surface area (Å²) in [7, 11) is 3.77. The van der Waals surface area contributed by atoms with Crippen LogP contribution in [-0.4, -0.2) is 44.5 Å². The minimum absolute atomic E-state index is 0.105. The molecule has 1 aliphatic carbocycles. The highest BCUT2D eigenvalue weighted by Gasteiger charge is 2.32. The van der Waals surface area contributed by atoms with E-state index in [2.05, 4.69) is 22.6 Å². The zero-order chi connectivity index (χ0) is 18.8. The van der Waals surface area contributed by atoms with Crippen LogP contribution < -0.4 is 24.8 Å². The number of hydrogen-bond donors (Lipinski definition) is 2. The number of carbonyl (C=O) groups excluding carboxylic acids is 1. The van der Waals surface area contributed by atoms with Crippen LogP contribution in [0.1, 0.15) is 48.8 Å². The van der Waals surface area contributed by atoms with Crippen LogP contribution in [0.2, 0.25) is 0 Å². The maximum Gasteiger partial charge on any atom is 0.315 e. The first kappa shape index (κ1) is 18.2. The summed E-state index contributed by atoms with van der Waals surface area (Å²) in [5.41, 5.74) is 3.37. The Morgan fingerprint density at radius 3 is 2.74 bits per heavy atom. The molecule has 0 spiro atoms. The molecule has 1 aromatic rings. The van der Waals surface area contributed by atoms with Crippen LogP contribution in [0.3, 0.4) is 0 Å². The fraction of sp³-hybridized carbons (Fsp3) is 0.650. The summed E-state index contributed by atoms with van der Waals surface area (Å²) in [4.78, 5) is 14.7. The molecule has 0 saturated heterocycles. The number of benzene rings is 1. The summed E-state index contributed by atoms with van der Waals surface area (Å²) in [6.07, 6.45) is 6.72. The largest absolute Gasteiger partial charge is 0.492 e. The van der Waals surface area contributed by atoms with Crippen molar-refractivity contribution in [1.82, 2.24) is 15.5 Å². The van der Waals surface area contributed by atoms with Gasteiger partial charge in [0.15, 0.2) is 11.5 Å². The fourth-order valence-electron chi connectivity index (χ4n) is 4.44. The highest BCUT2D eigenvalue weighted by Crippen LogP contribution is 2.49. The van der Waals surface area contributed by atoms with Crippen molar-refractivity contribution in [2.24, 2.45) is 0 Å². The van der Waals surface area contributed by atoms with E-state index in [1.54, 1.807) is 7.11 Å². The number of amides is 2. The van der Waals surface area contributed by atoms with Crippen LogP contribution in [0, 0.1) is 0 Å². The molecule has 2 aliphatic heterocycles. The zero-order valence-corrected chi connectivity index (χ0v) is 16.2. The second-order valence-corrected chi connectivity index (χ2v) is 7.68. The van der Waals surface area contributed by atoms with Crippen molar-refractivity contribution in [3.05, 3.63) is 16.7 Å². The minimum Gasteiger partial charge on any atom is -0.492 e. The van der Waals surface area contributed by atoms with Crippen molar-refractivity contribution < 1.29 is 19.0 Å². The lowest BCUT2D eigenvalue weighted by atomic mass is 9.92. The Morgan fingerprint density at radius 1 is 1.19 bits per heavy atom. The molecule has 3 aliphatic rings. The zero-order valence-electron chi connectivity index (χ0n) is 16.2. The summed E-state index contributed by atoms with van der Waals surface area (Å²) in [6.45, 7) is 2.39. The predicted molar refractivity (Wildman–Crippen MR) is 101 cm³/mol. The molecule has 2 N–H and O–H groups in total. The Hall–Kier alpha value is -2.15. The van der Waals surface area contributed by atoms with Gasteiger partial charge in [0.1, 0.15) is 0 Å². The van der Waals surface area contributed by atoms with Gasteiger partial charge in [0, 0.05) is 36.8 Å². The van der Waals surface area contributed by atoms with Gasteiger partial charge in [-0.2, -0.15) is 0 Å². The Kier molecular flexibility index (Phi) is 5.29. The average molecular weight is 375 g/mol. The summed E-state index contributed by atoms with van der Waals surface area (Å²) < 4.78 is 17.1. The number of rotatable bonds is 4. The van der Waals surface area contributed by atoms with Crippen LogP contribution in [-0.2, 0) is 19.5 Å². The van der Waals surface area contributed by atoms with E-state index in [1.807, 2.05) is 0 Å². The number of nitrogens with zero attached hydrogens (tertiary/aromatic N) is 1. The van der Waals surface area contributed by atoms with Crippen LogP contribution >= 0.6 is 0 Å². The molecule has 0 radical (unpaired) electrons. The van der Waals surface area contributed by atoms with Gasteiger partial charge in [-0.25, -0.2) is 4.79 Å². The molecule has 148 valence electrons. The van der Waals surface area contributed by atoms with Crippen molar-refractivity contribution in [3.63, 3.8) is 0 Å². The summed E-state index contributed by atoms with van der Waals surface area (Å²) in [5.74, 6) is 2.14. The lowest BCUT2D eigenvalue weighted by Gasteiger charge is -2.29. The van der Waals surface area contributed by atoms with Crippen molar-refractivity contribution in [2.75, 3.05) is 27.5 Å². The number of urea groups is 1. The maximum atomic E-state index is 12.4. The SMILES string of the molecule is COc1c2c(c(CNC(=O)NC3CCCCC3)c3c1OCO3)CCN(C)C2. The van der Waals surface area contributed by atoms with Crippen LogP contribution in [0.15, 0.2) is 0 Å². The molecule has 2 amide bonds. The van der Waals surface area contributed by atoms with E-state index in [0.717, 1.165) is 49.2 Å². The molecule has 1 aromatic carbocycles. The molecule has 1 fully saturated rings. The number of nitrogens with one attached hydrogen (secondary N) is 2. The summed E-state index contributed by atoms with van der Waals surface area (Å²) >= 11 is 0. The topological polar surface area (TPSA) is 72.1 Å². The third-order valence-corrected chi connectivity index (χ3v) is 5.84. The molecule has 1 saturated carbocycles. The van der Waals surface area contributed by atoms with E-state index in [0.29, 0.717) is 24.1 Å². The molecule has 0 unspecified atom stereocenters. The van der Waals surface area contributed by atoms with Crippen LogP contribution in [0.25, 0.3) is 0 Å². The van der Waals surface area contributed by atoms with E-state index >= 15 is 0 Å². The Labute approximate surface area is 160 Å². The van der Waals surface area contributed by atoms with Crippen LogP contribution in [0.4, 0.5) is 4.79 Å². The van der Waals surface area contributed by atoms with Gasteiger partial charge >= 0.3 is 6.03 Å². The van der Waals surface area contributed by atoms with Gasteiger partial charge in [0.05, 0.1) is 7.11 Å². The molecule has 7 nitrogen and oxygen atoms in total. The summed E-state index contributed by atoms with van der Waals surface area (Å²) in [6, 6.07) is 0.189. The normalized spacial score (nSPS) is 19.5. The van der Waals surface area contributed by atoms with E-state index < -0.39 is 0 Å². The first-order valence-corrected chi connectivity index (χ1v) is 9.90. The Bertz CT molecular complexity index is 716. The highest BCUT2D eigenvalue weighted by atomic mass is 16.7. The molecule has 0 aromatic heterocycles. The van der Waals surface area contributed by atoms with E-state index in [4.69, 9.17) is 14.2 Å². The number of carbonyl (C=O) groups is 1. The van der Waals surface area contributed by atoms with E-state index in [1.165, 1.54) is 24.8 Å². The van der Waals surface area contributed by atoms with Gasteiger partial charge in [-0.15, -0.1) is 0 Å². The standard InChI is InChI=1S/C20H29N3O4/c1-23-9-8-14-15(10-21-20(24)22-13-6-4-3-5-7-13)18-19(27-12-26-18)17(25-2)16(14)11-23/h13H,3-12H2,1-2H3,(H2,21,22,24). The van der Waals surface area contributed by atoms with Gasteiger partial charge in [-0.1, -0.05) is 19.3 Å². The van der Waals surface area contributed by atoms with Crippen molar-refractivity contribution in [3.8, 4) is 17.2 Å². The van der Waals surface area contributed by atoms with Gasteiger partial charge in [-0.05, 0) is 31.9 Å². The summed E-state index contributed by atoms with van der Waals surface area (Å²) in [5, 5.41) is 6.15. The van der Waals surface area contributed by atoms with Gasteiger partial charge < -0.3 is 29.7 Å². The molecular weight excluding hydrogens is 346 g/mol. The van der Waals surface area contributed by atoms with Crippen molar-refractivity contribution in [1.29, 1.82) is 0 Å². The van der Waals surface area contributed by atoms with E-state index in [-0.39, 0.29) is 12.8 Å². The number of hydrogen-bond acceptors (Lipinski definition) is 5. The number of likely N-dealkylation sites (N-methyl/N-ethyl adjacent to an activating group) is 1. The van der Waals surface area contributed by atoms with Crippen molar-refractivity contribution in [2.45, 2.75) is 57.7 Å². The van der Waals surface area contributed by atoms with E-state index in [9.17, 15) is 4.79 Å². The fourth-order valence-corrected chi connectivity index (χ4v) is 4.44. The van der Waals surface area contributed by atoms with Gasteiger partial charge in [0.2, 0.25) is 12.5 Å². The van der Waals surface area contributed by atoms with Crippen molar-refractivity contribution >= 4 is 6.03 Å². The van der Waals surface area contributed by atoms with Gasteiger partial charge in [-0.3, -0.25) is 0 Å². The Morgan fingerprint density at radius 2 is 1.96 bits per heavy atom. The second-order valence-electron chi connectivity index (χ2n) is 7.68. The molecular formula is C20H29N3O4. The molecule has 0 atom stereocenters. The highest BCUT2D eigenvalue weighted by molar-refractivity contribution is 5.75. The third-order valence-electron chi connectivity index (χ3n) is 5.84. The number of methoxy groups -OCH3 is 1. The van der Waals surface area contributed by atoms with Crippen LogP contribution in [0.5, 0.6) is 17.2 Å². The number of fused-ring (bicyclic) bond motifs is 2. The lowest BCUT2D eigenvalue weighted by molar-refractivity contribution is 0.170. The quantitative estimate of drug-likeness (QED) is 0.846. The maximum absolute atomic E-state index is 12.4. The molecule has 27 heavy (non-hydrogen) atoms. The lowest BCUT2D eigenvalue weighted by Crippen LogP contribution is -2.42. The number of ether oxygens (including phenoxy) is 3. The molecule has 4 rings (SSSR count). The molecule has 7 heteroatoms. The monoisotopic (exact) mass is 375 g/mol. The van der Waals surface area contributed by atoms with Gasteiger partial charge in [0.25, 0.3) is 0 Å². The minimum atomic E-state index is -0.105. The average Bonchev–Trinajstić information content (AvgIpc) is 3.15. The molecule has 2 heterocycles. The second kappa shape index (κ2) is 7.84. The predicted octanol–water partition coefficient (Wildman–Crippen LogP) is 2.54. The molecule has 0 bridgehead atoms. The smallest absolute Gasteiger partial charge is 0.315 e. The third kappa shape index (κ3) is 3.65. The first-order chi connectivity index (χ1) is 13.2.